The van der Waals surface area contributed by atoms with Gasteiger partial charge in [-0.15, -0.1) is 0 Å². The summed E-state index contributed by atoms with van der Waals surface area (Å²) in [5.74, 6) is -0.0478. The fourth-order valence-corrected chi connectivity index (χ4v) is 12.3. The van der Waals surface area contributed by atoms with Gasteiger partial charge in [-0.05, 0) is 172 Å². The van der Waals surface area contributed by atoms with Crippen LogP contribution in [0.1, 0.15) is 86.3 Å². The Kier molecular flexibility index (Phi) is 25.8. The molecule has 2 heterocycles. The number of nitrogens with one attached hydrogen (secondary N) is 2. The van der Waals surface area contributed by atoms with Crippen molar-refractivity contribution in [3.8, 4) is 45.3 Å². The van der Waals surface area contributed by atoms with Gasteiger partial charge in [-0.25, -0.2) is 18.7 Å². The number of carbonyl (C=O) groups excluding carboxylic acids is 2. The number of ether oxygens (including phenoxy) is 6. The van der Waals surface area contributed by atoms with Crippen molar-refractivity contribution in [2.75, 3.05) is 64.5 Å². The number of anilines is 2. The predicted molar refractivity (Wildman–Crippen MR) is 351 cm³/mol. The molecule has 2 N–H and O–H groups in total. The second-order valence-corrected chi connectivity index (χ2v) is 24.0. The fraction of sp³-hybridized carbons (Fsp3) is 0.314. The molecule has 0 bridgehead atoms. The number of aryl methyl sites for hydroxylation is 4. The van der Waals surface area contributed by atoms with Gasteiger partial charge in [0.05, 0.1) is 96.0 Å². The van der Waals surface area contributed by atoms with E-state index in [1.165, 1.54) is 50.7 Å². The van der Waals surface area contributed by atoms with Gasteiger partial charge in [0.1, 0.15) is 24.7 Å². The summed E-state index contributed by atoms with van der Waals surface area (Å²) < 4.78 is 95.3. The Hall–Kier alpha value is -8.56. The summed E-state index contributed by atoms with van der Waals surface area (Å²) in [6.45, 7) is 12.4. The number of unbranched alkanes of at least 4 members (excludes halogenated alkanes) is 4. The lowest BCUT2D eigenvalue weighted by molar-refractivity contribution is -0.112. The zero-order valence-electron chi connectivity index (χ0n) is 51.8. The molecule has 2 amide bonds. The van der Waals surface area contributed by atoms with E-state index in [0.717, 1.165) is 85.5 Å². The number of amides is 2. The van der Waals surface area contributed by atoms with Gasteiger partial charge in [0.2, 0.25) is 11.8 Å². The third-order valence-electron chi connectivity index (χ3n) is 14.8. The monoisotopic (exact) mass is 1260 g/mol. The number of nitrogens with zero attached hydrogens (tertiary/aromatic N) is 4. The number of hydrogen-bond donors (Lipinski definition) is 2. The van der Waals surface area contributed by atoms with Gasteiger partial charge in [0.15, 0.2) is 23.1 Å². The van der Waals surface area contributed by atoms with Gasteiger partial charge >= 0.3 is 0 Å². The van der Waals surface area contributed by atoms with Crippen LogP contribution in [0.15, 0.2) is 156 Å². The summed E-state index contributed by atoms with van der Waals surface area (Å²) in [5.41, 5.74) is 8.00. The zero-order valence-corrected chi connectivity index (χ0v) is 53.4. The first kappa shape index (κ1) is 67.4. The lowest BCUT2D eigenvalue weighted by Crippen LogP contribution is -2.09. The van der Waals surface area contributed by atoms with E-state index in [2.05, 4.69) is 32.1 Å². The first-order valence-corrected chi connectivity index (χ1v) is 32.7. The first-order chi connectivity index (χ1) is 43.7. The zero-order chi connectivity index (χ0) is 63.8. The van der Waals surface area contributed by atoms with Crippen LogP contribution in [0.25, 0.3) is 34.4 Å². The molecule has 0 aliphatic rings. The molecule has 0 saturated heterocycles. The van der Waals surface area contributed by atoms with E-state index in [0.29, 0.717) is 100 Å². The van der Waals surface area contributed by atoms with Crippen LogP contribution in [0.2, 0.25) is 0 Å². The number of rotatable bonds is 35. The average Bonchev–Trinajstić information content (AvgIpc) is 1.26. The second-order valence-electron chi connectivity index (χ2n) is 21.1. The molecule has 2 aromatic heterocycles. The minimum atomic E-state index is -1.37. The van der Waals surface area contributed by atoms with Crippen molar-refractivity contribution in [2.24, 2.45) is 0 Å². The Morgan fingerprint density at radius 2 is 0.956 bits per heavy atom. The predicted octanol–water partition coefficient (Wildman–Crippen LogP) is 14.1. The molecule has 20 heteroatoms. The van der Waals surface area contributed by atoms with Crippen molar-refractivity contribution in [1.82, 2.24) is 19.1 Å². The molecule has 6 aromatic carbocycles. The van der Waals surface area contributed by atoms with E-state index < -0.39 is 45.0 Å². The largest absolute Gasteiger partial charge is 0.493 e. The maximum Gasteiger partial charge on any atom is 0.248 e. The molecule has 8 aromatic rings. The summed E-state index contributed by atoms with van der Waals surface area (Å²) in [7, 11) is 0.0816. The Morgan fingerprint density at radius 1 is 0.522 bits per heavy atom. The highest BCUT2D eigenvalue weighted by atomic mass is 32.2. The Balaban J connectivity index is 0.713. The number of benzene rings is 6. The van der Waals surface area contributed by atoms with Crippen molar-refractivity contribution in [3.63, 3.8) is 0 Å². The molecule has 0 saturated carbocycles. The van der Waals surface area contributed by atoms with Crippen LogP contribution >= 0.6 is 0 Å². The van der Waals surface area contributed by atoms with Gasteiger partial charge in [0.25, 0.3) is 0 Å². The van der Waals surface area contributed by atoms with Gasteiger partial charge in [-0.3, -0.25) is 18.0 Å². The quantitative estimate of drug-likeness (QED) is 0.0284. The molecule has 2 atom stereocenters. The molecule has 16 nitrogen and oxygen atoms in total. The molecule has 0 aliphatic carbocycles. The van der Waals surface area contributed by atoms with Crippen LogP contribution in [-0.2, 0) is 65.3 Å². The van der Waals surface area contributed by atoms with Crippen LogP contribution in [0, 0.1) is 25.5 Å². The number of halogens is 2. The van der Waals surface area contributed by atoms with Crippen molar-refractivity contribution in [3.05, 3.63) is 192 Å². The lowest BCUT2D eigenvalue weighted by Gasteiger charge is -2.11. The average molecular weight is 1270 g/mol. The normalized spacial score (nSPS) is 12.1. The van der Waals surface area contributed by atoms with Crippen LogP contribution in [0.3, 0.4) is 0 Å². The van der Waals surface area contributed by atoms with Crippen LogP contribution < -0.4 is 29.6 Å². The standard InChI is InChI=1S/C70H78F2N6O10S2/c1-7-9-35-85-37-39-87-59-24-14-51(15-25-59)55-41-54(70(84-6)63(71)43-55)19-33-68(80)76-58-22-30-62(31-23-58)90(82)46-66-50(4)74-48-78(66)34-12-10-11-13-36-86-38-40-88-60-26-16-52(17-27-60)56-42-53(69(83-5)64(72)44-56)18-32-67(79)75-57-20-28-61(29-21-57)89(81)45-65-49(3)73-47-77(65)8-2/h14-33,41-44,47-48H,7-13,34-40,45-46H2,1-6H3,(H,75,79)(H,76,80)/b32-18+,33-19+/t89-,90+/m0/s1. The summed E-state index contributed by atoms with van der Waals surface area (Å²) >= 11 is 0. The van der Waals surface area contributed by atoms with E-state index in [-0.39, 0.29) is 17.3 Å². The van der Waals surface area contributed by atoms with E-state index in [1.54, 1.807) is 73.3 Å². The van der Waals surface area contributed by atoms with Crippen molar-refractivity contribution in [1.29, 1.82) is 0 Å². The minimum Gasteiger partial charge on any atom is -0.493 e. The van der Waals surface area contributed by atoms with Crippen molar-refractivity contribution >= 4 is 56.9 Å². The van der Waals surface area contributed by atoms with Crippen molar-refractivity contribution < 1.29 is 55.2 Å². The molecule has 0 radical (unpaired) electrons. The number of aromatic nitrogens is 4. The number of methoxy groups -OCH3 is 2. The SMILES string of the molecule is CCCCOCCOc1ccc(-c2cc(F)c(OC)c(/C=C/C(=O)Nc3ccc([S@](=O)Cc4c(C)ncn4CCCCCCOCCOc4ccc(-c5cc(F)c(OC)c(/C=C/C(=O)Nc6ccc([S@@](=O)Cc7c(C)ncn7CC)cc6)c5)cc4)cc3)c2)cc1. The van der Waals surface area contributed by atoms with Crippen LogP contribution in [0.4, 0.5) is 20.2 Å². The Bertz CT molecular complexity index is 3760. The highest BCUT2D eigenvalue weighted by Crippen LogP contribution is 2.34. The molecular weight excluding hydrogens is 1190 g/mol. The molecule has 0 fully saturated rings. The van der Waals surface area contributed by atoms with Gasteiger partial charge in [-0.2, -0.15) is 0 Å². The third-order valence-corrected chi connectivity index (χ3v) is 17.5. The summed E-state index contributed by atoms with van der Waals surface area (Å²) in [5, 5.41) is 5.63. The van der Waals surface area contributed by atoms with Gasteiger partial charge in [-0.1, -0.05) is 50.5 Å². The highest BCUT2D eigenvalue weighted by molar-refractivity contribution is 7.84. The molecule has 474 valence electrons. The minimum absolute atomic E-state index is 0.00633. The topological polar surface area (TPSA) is 183 Å². The fourth-order valence-electron chi connectivity index (χ4n) is 9.81. The smallest absolute Gasteiger partial charge is 0.248 e. The van der Waals surface area contributed by atoms with E-state index >= 15 is 8.78 Å². The highest BCUT2D eigenvalue weighted by Gasteiger charge is 2.18. The van der Waals surface area contributed by atoms with E-state index in [4.69, 9.17) is 28.4 Å². The van der Waals surface area contributed by atoms with Crippen LogP contribution in [0.5, 0.6) is 23.0 Å². The molecular formula is C70H78F2N6O10S2. The maximum absolute atomic E-state index is 15.4. The summed E-state index contributed by atoms with van der Waals surface area (Å²) in [4.78, 5) is 36.1. The van der Waals surface area contributed by atoms with Crippen LogP contribution in [-0.4, -0.2) is 93.2 Å². The van der Waals surface area contributed by atoms with E-state index in [9.17, 15) is 18.0 Å². The Labute approximate surface area is 530 Å². The first-order valence-electron chi connectivity index (χ1n) is 30.1. The maximum atomic E-state index is 15.4. The Morgan fingerprint density at radius 3 is 1.40 bits per heavy atom. The molecule has 0 aliphatic heterocycles. The van der Waals surface area contributed by atoms with Gasteiger partial charge in [0, 0.05) is 70.7 Å². The molecule has 8 rings (SSSR count). The van der Waals surface area contributed by atoms with Crippen molar-refractivity contribution in [2.45, 2.75) is 101 Å². The summed E-state index contributed by atoms with van der Waals surface area (Å²) in [6, 6.07) is 34.6. The number of carbonyl (C=O) groups is 2. The number of imidazole rings is 2. The van der Waals surface area contributed by atoms with E-state index in [1.807, 2.05) is 73.9 Å². The lowest BCUT2D eigenvalue weighted by atomic mass is 10.0. The third kappa shape index (κ3) is 19.5. The second kappa shape index (κ2) is 34.4. The number of hydrogen-bond acceptors (Lipinski definition) is 12. The molecule has 90 heavy (non-hydrogen) atoms. The van der Waals surface area contributed by atoms with Gasteiger partial charge < -0.3 is 48.2 Å². The molecule has 0 unspecified atom stereocenters. The molecule has 0 spiro atoms. The summed E-state index contributed by atoms with van der Waals surface area (Å²) in [6.07, 6.45) is 15.0.